The third-order valence-corrected chi connectivity index (χ3v) is 28.0. The van der Waals surface area contributed by atoms with Crippen molar-refractivity contribution in [2.24, 2.45) is 0 Å². The number of thiophene rings is 3. The van der Waals surface area contributed by atoms with Crippen molar-refractivity contribution in [2.45, 2.75) is 6.42 Å². The van der Waals surface area contributed by atoms with Gasteiger partial charge in [-0.2, -0.15) is 0 Å². The molecule has 0 unspecified atom stereocenters. The molecule has 6 nitrogen and oxygen atoms in total. The van der Waals surface area contributed by atoms with Gasteiger partial charge in [-0.05, 0) is 264 Å². The van der Waals surface area contributed by atoms with E-state index in [0.717, 1.165) is 127 Å². The maximum absolute atomic E-state index is 6.19. The molecule has 0 fully saturated rings. The monoisotopic (exact) mass is 1870 g/mol. The Morgan fingerprint density at radius 2 is 0.511 bits per heavy atom. The molecule has 0 aliphatic rings. The van der Waals surface area contributed by atoms with Crippen molar-refractivity contribution < 1.29 is 8.83 Å². The Kier molecular flexibility index (Phi) is 24.8. The minimum Gasteiger partial charge on any atom is -0.456 e. The van der Waals surface area contributed by atoms with Gasteiger partial charge in [0.05, 0.1) is 0 Å². The summed E-state index contributed by atoms with van der Waals surface area (Å²) in [6, 6.07) is 170. The summed E-state index contributed by atoms with van der Waals surface area (Å²) in [4.78, 5) is 6.96. The zero-order chi connectivity index (χ0) is 89.3. The third-order valence-electron chi connectivity index (χ3n) is 23.7. The molecule has 12 heteroatoms. The second-order valence-corrected chi connectivity index (χ2v) is 37.4. The summed E-state index contributed by atoms with van der Waals surface area (Å²) in [7, 11) is 0. The summed E-state index contributed by atoms with van der Waals surface area (Å²) in [6.07, 6.45) is 1.03. The van der Waals surface area contributed by atoms with Gasteiger partial charge in [0.1, 0.15) is 22.3 Å². The molecule has 25 aromatic rings. The molecule has 0 spiro atoms. The quantitative estimate of drug-likeness (QED) is 0.110. The van der Waals surface area contributed by atoms with Gasteiger partial charge in [-0.3, -0.25) is 0 Å². The molecule has 133 heavy (non-hydrogen) atoms. The van der Waals surface area contributed by atoms with Gasteiger partial charge < -0.3 is 28.9 Å². The van der Waals surface area contributed by atoms with E-state index < -0.39 is 0 Å². The Hall–Kier alpha value is -15.1. The van der Waals surface area contributed by atoms with Crippen molar-refractivity contribution in [1.82, 2.24) is 0 Å². The van der Waals surface area contributed by atoms with Crippen LogP contribution in [0.4, 0.5) is 62.6 Å². The average Bonchev–Trinajstić information content (AvgIpc) is 1.64. The maximum atomic E-state index is 6.19. The second-order valence-electron chi connectivity index (χ2n) is 32.3. The molecule has 638 valence electrons. The molecule has 0 saturated heterocycles. The molecule has 0 amide bonds. The number of halogens is 3. The van der Waals surface area contributed by atoms with Crippen LogP contribution < -0.4 is 20.0 Å². The maximum Gasteiger partial charge on any atom is 0.135 e. The number of anilines is 11. The Bertz CT molecular complexity index is 8240. The lowest BCUT2D eigenvalue weighted by molar-refractivity contribution is 0.668. The van der Waals surface area contributed by atoms with Gasteiger partial charge in [0.25, 0.3) is 0 Å². The van der Waals surface area contributed by atoms with E-state index in [0.29, 0.717) is 0 Å². The molecule has 20 aromatic carbocycles. The van der Waals surface area contributed by atoms with Gasteiger partial charge in [0.15, 0.2) is 0 Å². The molecule has 5 heterocycles. The van der Waals surface area contributed by atoms with Gasteiger partial charge in [-0.15, -0.1) is 34.0 Å². The number of fused-ring (bicyclic) bond motifs is 15. The zero-order valence-corrected chi connectivity index (χ0v) is 77.5. The first-order chi connectivity index (χ1) is 65.6. The fraction of sp³-hybridized carbons (Fsp3) is 0.00826. The van der Waals surface area contributed by atoms with Crippen LogP contribution in [-0.2, 0) is 6.42 Å². The molecular weight excluding hydrogens is 1790 g/mol. The van der Waals surface area contributed by atoms with Crippen LogP contribution in [-0.4, -0.2) is 0 Å². The molecule has 0 aliphatic heterocycles. The second kappa shape index (κ2) is 38.9. The fourth-order valence-electron chi connectivity index (χ4n) is 17.3. The van der Waals surface area contributed by atoms with Gasteiger partial charge in [-0.1, -0.05) is 300 Å². The molecule has 0 bridgehead atoms. The average molecular weight is 1870 g/mol. The van der Waals surface area contributed by atoms with Crippen molar-refractivity contribution in [3.8, 4) is 22.3 Å². The van der Waals surface area contributed by atoms with E-state index in [1.807, 2.05) is 96.3 Å². The number of furan rings is 2. The van der Waals surface area contributed by atoms with Crippen molar-refractivity contribution in [3.05, 3.63) is 511 Å². The molecule has 5 aromatic heterocycles. The smallest absolute Gasteiger partial charge is 0.135 e. The van der Waals surface area contributed by atoms with Crippen molar-refractivity contribution in [1.29, 1.82) is 0 Å². The topological polar surface area (TPSA) is 48.0 Å². The van der Waals surface area contributed by atoms with Crippen molar-refractivity contribution in [3.63, 3.8) is 0 Å². The van der Waals surface area contributed by atoms with Crippen LogP contribution in [0.15, 0.2) is 499 Å². The molecule has 0 radical (unpaired) electrons. The summed E-state index contributed by atoms with van der Waals surface area (Å²) in [5, 5.41) is 17.2. The molecule has 0 aliphatic carbocycles. The van der Waals surface area contributed by atoms with E-state index in [9.17, 15) is 0 Å². The molecule has 25 rings (SSSR count). The first-order valence-corrected chi connectivity index (χ1v) is 48.1. The SMILES string of the molecule is Clc1ccc2c(c1)sc1ccc(Br)cc12.Clc1ccc2c(c1)sc1ccc(N(c3ccccc3)c3ccccc3)cc12.c1ccc(Cc2ccccc2)cc1.c1ccc(N(c2ccc(-c3ccc4oc5ccccc5c4c3)cc2)c2ccc3c(c2)sc2ccc(N(c4ccccc4)c4ccccc4)cc23)cc1.c1ccc(Nc2ccc(-c3ccc4oc5ccccc5c4c3)cc2)cc1. The number of para-hydroxylation sites is 8. The van der Waals surface area contributed by atoms with Gasteiger partial charge in [0.2, 0.25) is 0 Å². The normalized spacial score (nSPS) is 11.2. The largest absolute Gasteiger partial charge is 0.456 e. The lowest BCUT2D eigenvalue weighted by atomic mass is 10.0. The fourth-order valence-corrected chi connectivity index (χ4v) is 21.5. The Balaban J connectivity index is 0.000000110. The summed E-state index contributed by atoms with van der Waals surface area (Å²) >= 11 is 21.1. The Morgan fingerprint density at radius 1 is 0.211 bits per heavy atom. The highest BCUT2D eigenvalue weighted by Crippen LogP contribution is 2.47. The minimum atomic E-state index is 0.782. The van der Waals surface area contributed by atoms with E-state index in [1.54, 1.807) is 22.7 Å². The number of hydrogen-bond acceptors (Lipinski definition) is 9. The summed E-state index contributed by atoms with van der Waals surface area (Å²) in [5.74, 6) is 0. The standard InChI is InChI=1S/C48H32N2OS.C24H16ClNS.C24H17NO.C13H12.C12H6BrClS/c1-4-12-35(13-5-1)49(36-14-6-2-7-15-36)39-26-29-47-44(31-39)42-27-25-40(32-48(42)52-47)50(37-16-8-3-9-17-37)38-23-20-33(21-24-38)34-22-28-46-43(30-34)41-18-10-11-19-45(41)51-46;25-17-11-13-21-22-16-20(12-14-23(22)27-24(21)15-17)26(18-7-3-1-4-8-18)19-9-5-2-6-10-19;1-2-6-19(7-3-1)25-20-13-10-17(11-14-20)18-12-15-24-22(16-18)21-8-4-5-9-23(21)26-24;1-3-7-12(8-4-1)11-13-9-5-2-6-10-13;13-7-1-4-11-10(5-7)9-3-2-8(14)6-12(9)15-11/h1-32H;1-16H;1-16,25H;1-10H,11H2;1-6H. The number of hydrogen-bond donors (Lipinski definition) is 1. The highest BCUT2D eigenvalue weighted by Gasteiger charge is 2.21. The third kappa shape index (κ3) is 18.8. The lowest BCUT2D eigenvalue weighted by Crippen LogP contribution is -2.09. The van der Waals surface area contributed by atoms with E-state index in [4.69, 9.17) is 32.0 Å². The van der Waals surface area contributed by atoms with E-state index in [1.165, 1.54) is 93.9 Å². The predicted molar refractivity (Wildman–Crippen MR) is 577 cm³/mol. The summed E-state index contributed by atoms with van der Waals surface area (Å²) in [5.41, 5.74) is 23.5. The molecule has 0 saturated carbocycles. The van der Waals surface area contributed by atoms with Crippen LogP contribution in [0, 0.1) is 0 Å². The van der Waals surface area contributed by atoms with Gasteiger partial charge >= 0.3 is 0 Å². The van der Waals surface area contributed by atoms with Crippen molar-refractivity contribution >= 4 is 240 Å². The van der Waals surface area contributed by atoms with E-state index in [2.05, 4.69) is 436 Å². The molecule has 0 atom stereocenters. The number of nitrogens with one attached hydrogen (secondary N) is 1. The van der Waals surface area contributed by atoms with E-state index >= 15 is 0 Å². The van der Waals surface area contributed by atoms with E-state index in [-0.39, 0.29) is 0 Å². The van der Waals surface area contributed by atoms with Crippen LogP contribution in [0.5, 0.6) is 0 Å². The number of nitrogens with zero attached hydrogens (tertiary/aromatic N) is 3. The summed E-state index contributed by atoms with van der Waals surface area (Å²) in [6.45, 7) is 0. The highest BCUT2D eigenvalue weighted by molar-refractivity contribution is 9.10. The van der Waals surface area contributed by atoms with Crippen LogP contribution in [0.3, 0.4) is 0 Å². The van der Waals surface area contributed by atoms with Crippen LogP contribution in [0.25, 0.3) is 127 Å². The number of rotatable bonds is 15. The minimum absolute atomic E-state index is 0.782. The van der Waals surface area contributed by atoms with Crippen molar-refractivity contribution in [2.75, 3.05) is 20.0 Å². The first kappa shape index (κ1) is 84.7. The molecule has 1 N–H and O–H groups in total. The van der Waals surface area contributed by atoms with Crippen LogP contribution in [0.2, 0.25) is 10.0 Å². The summed E-state index contributed by atoms with van der Waals surface area (Å²) < 4.78 is 20.7. The van der Waals surface area contributed by atoms with Gasteiger partial charge in [0, 0.05) is 159 Å². The lowest BCUT2D eigenvalue weighted by Gasteiger charge is -2.26. The predicted octanol–water partition coefficient (Wildman–Crippen LogP) is 38.5. The highest BCUT2D eigenvalue weighted by atomic mass is 79.9. The first-order valence-electron chi connectivity index (χ1n) is 44.1. The van der Waals surface area contributed by atoms with Gasteiger partial charge in [-0.25, -0.2) is 0 Å². The van der Waals surface area contributed by atoms with Crippen LogP contribution >= 0.6 is 73.1 Å². The van der Waals surface area contributed by atoms with Crippen LogP contribution in [0.1, 0.15) is 11.1 Å². The Labute approximate surface area is 801 Å². The zero-order valence-electron chi connectivity index (χ0n) is 71.9. The molecular formula is C121H83BrCl2N4O2S3. The Morgan fingerprint density at radius 3 is 0.932 bits per heavy atom. The number of benzene rings is 20.